The number of nitrogens with zero attached hydrogens (tertiary/aromatic N) is 5. The van der Waals surface area contributed by atoms with E-state index in [1.165, 1.54) is 16.2 Å². The number of fused-ring (bicyclic) bond motifs is 9. The molecule has 51 heavy (non-hydrogen) atoms. The predicted molar refractivity (Wildman–Crippen MR) is 210 cm³/mol. The minimum Gasteiger partial charge on any atom is -0.316 e. The fourth-order valence-corrected chi connectivity index (χ4v) is 8.02. The summed E-state index contributed by atoms with van der Waals surface area (Å²) in [5, 5.41) is 6.92. The summed E-state index contributed by atoms with van der Waals surface area (Å²) in [4.78, 5) is 10.8. The van der Waals surface area contributed by atoms with Gasteiger partial charge in [-0.3, -0.25) is 4.57 Å². The summed E-state index contributed by atoms with van der Waals surface area (Å²) < 4.78 is 6.99. The standard InChI is InChI=1S/C46H29N5/c1-4-14-30(15-5-1)43-37-21-10-12-22-39(37)47-46(48-43)51-42-29-41-31(26-27-49(41)32-16-6-2-7-17-32)28-38(42)36-25-24-35-34-20-11-13-23-40(34)50(44(35)45(36)51)33-18-8-3-9-19-33/h1-29H. The second-order valence-electron chi connectivity index (χ2n) is 13.1. The van der Waals surface area contributed by atoms with Gasteiger partial charge in [-0.25, -0.2) is 9.97 Å². The fourth-order valence-electron chi connectivity index (χ4n) is 8.02. The average molecular weight is 652 g/mol. The van der Waals surface area contributed by atoms with E-state index in [0.717, 1.165) is 71.9 Å². The van der Waals surface area contributed by atoms with Gasteiger partial charge in [0.05, 0.1) is 38.8 Å². The van der Waals surface area contributed by atoms with Crippen molar-refractivity contribution >= 4 is 65.4 Å². The highest BCUT2D eigenvalue weighted by Crippen LogP contribution is 2.43. The van der Waals surface area contributed by atoms with Crippen LogP contribution in [-0.4, -0.2) is 23.7 Å². The lowest BCUT2D eigenvalue weighted by atomic mass is 10.1. The van der Waals surface area contributed by atoms with E-state index in [-0.39, 0.29) is 0 Å². The first-order chi connectivity index (χ1) is 25.3. The molecule has 11 aromatic rings. The molecule has 238 valence electrons. The molecule has 0 saturated heterocycles. The number of rotatable bonds is 4. The zero-order valence-corrected chi connectivity index (χ0v) is 27.5. The average Bonchev–Trinajstić information content (AvgIpc) is 3.87. The third-order valence-corrected chi connectivity index (χ3v) is 10.3. The quantitative estimate of drug-likeness (QED) is 0.190. The fraction of sp³-hybridized carbons (Fsp3) is 0. The van der Waals surface area contributed by atoms with Crippen molar-refractivity contribution in [2.24, 2.45) is 0 Å². The van der Waals surface area contributed by atoms with Crippen LogP contribution >= 0.6 is 0 Å². The molecule has 0 aliphatic carbocycles. The van der Waals surface area contributed by atoms with E-state index in [1.807, 2.05) is 6.07 Å². The molecule has 4 aromatic heterocycles. The van der Waals surface area contributed by atoms with E-state index in [0.29, 0.717) is 5.95 Å². The van der Waals surface area contributed by atoms with Gasteiger partial charge in [0, 0.05) is 55.5 Å². The summed E-state index contributed by atoms with van der Waals surface area (Å²) in [5.41, 5.74) is 10.7. The maximum atomic E-state index is 5.46. The first kappa shape index (κ1) is 27.9. The predicted octanol–water partition coefficient (Wildman–Crippen LogP) is 11.4. The van der Waals surface area contributed by atoms with Crippen molar-refractivity contribution in [2.75, 3.05) is 0 Å². The molecule has 4 heterocycles. The minimum atomic E-state index is 0.641. The van der Waals surface area contributed by atoms with E-state index in [9.17, 15) is 0 Å². The molecule has 0 N–H and O–H groups in total. The molecule has 0 aliphatic heterocycles. The van der Waals surface area contributed by atoms with Crippen molar-refractivity contribution in [3.8, 4) is 28.6 Å². The highest BCUT2D eigenvalue weighted by molar-refractivity contribution is 6.24. The zero-order chi connectivity index (χ0) is 33.5. The summed E-state index contributed by atoms with van der Waals surface area (Å²) in [6, 6.07) is 60.2. The first-order valence-electron chi connectivity index (χ1n) is 17.3. The molecule has 0 saturated carbocycles. The molecular formula is C46H29N5. The molecule has 0 aliphatic rings. The van der Waals surface area contributed by atoms with Gasteiger partial charge in [-0.1, -0.05) is 115 Å². The van der Waals surface area contributed by atoms with Crippen LogP contribution in [0.25, 0.3) is 94.0 Å². The van der Waals surface area contributed by atoms with Gasteiger partial charge in [0.2, 0.25) is 5.95 Å². The molecule has 11 rings (SSSR count). The molecule has 5 nitrogen and oxygen atoms in total. The van der Waals surface area contributed by atoms with Gasteiger partial charge in [-0.05, 0) is 54.6 Å². The molecule has 0 spiro atoms. The monoisotopic (exact) mass is 651 g/mol. The Morgan fingerprint density at radius 2 is 1.02 bits per heavy atom. The van der Waals surface area contributed by atoms with Crippen LogP contribution in [0.1, 0.15) is 0 Å². The Morgan fingerprint density at radius 3 is 1.80 bits per heavy atom. The topological polar surface area (TPSA) is 40.6 Å². The van der Waals surface area contributed by atoms with Crippen molar-refractivity contribution in [1.82, 2.24) is 23.7 Å². The number of hydrogen-bond donors (Lipinski definition) is 0. The summed E-state index contributed by atoms with van der Waals surface area (Å²) in [5.74, 6) is 0.641. The normalized spacial score (nSPS) is 11.9. The highest BCUT2D eigenvalue weighted by Gasteiger charge is 2.24. The lowest BCUT2D eigenvalue weighted by molar-refractivity contribution is 1.01. The van der Waals surface area contributed by atoms with Gasteiger partial charge < -0.3 is 9.13 Å². The van der Waals surface area contributed by atoms with E-state index >= 15 is 0 Å². The molecule has 0 atom stereocenters. The van der Waals surface area contributed by atoms with Gasteiger partial charge >= 0.3 is 0 Å². The Kier molecular flexibility index (Phi) is 5.89. The lowest BCUT2D eigenvalue weighted by Crippen LogP contribution is -2.05. The third kappa shape index (κ3) is 4.09. The summed E-state index contributed by atoms with van der Waals surface area (Å²) in [7, 11) is 0. The molecule has 0 radical (unpaired) electrons. The lowest BCUT2D eigenvalue weighted by Gasteiger charge is -2.14. The Labute approximate surface area is 292 Å². The Morgan fingerprint density at radius 1 is 0.392 bits per heavy atom. The van der Waals surface area contributed by atoms with Crippen molar-refractivity contribution in [1.29, 1.82) is 0 Å². The van der Waals surface area contributed by atoms with Crippen LogP contribution < -0.4 is 0 Å². The van der Waals surface area contributed by atoms with Gasteiger partial charge in [0.25, 0.3) is 0 Å². The van der Waals surface area contributed by atoms with Crippen molar-refractivity contribution < 1.29 is 0 Å². The van der Waals surface area contributed by atoms with E-state index in [2.05, 4.69) is 184 Å². The van der Waals surface area contributed by atoms with Crippen LogP contribution in [0.15, 0.2) is 176 Å². The van der Waals surface area contributed by atoms with Gasteiger partial charge in [0.15, 0.2) is 0 Å². The molecular weight excluding hydrogens is 623 g/mol. The molecule has 5 heteroatoms. The third-order valence-electron chi connectivity index (χ3n) is 10.3. The minimum absolute atomic E-state index is 0.641. The number of aromatic nitrogens is 5. The maximum absolute atomic E-state index is 5.46. The maximum Gasteiger partial charge on any atom is 0.235 e. The smallest absolute Gasteiger partial charge is 0.235 e. The molecule has 7 aromatic carbocycles. The van der Waals surface area contributed by atoms with Crippen LogP contribution in [0.4, 0.5) is 0 Å². The molecule has 0 fully saturated rings. The molecule has 0 amide bonds. The van der Waals surface area contributed by atoms with Gasteiger partial charge in [-0.2, -0.15) is 0 Å². The van der Waals surface area contributed by atoms with Crippen LogP contribution in [-0.2, 0) is 0 Å². The Hall–Kier alpha value is -6.98. The SMILES string of the molecule is c1ccc(-c2nc(-n3c4cc5c(ccn5-c5ccccc5)cc4c4ccc5c6ccccc6n(-c6ccccc6)c5c43)nc3ccccc23)cc1. The van der Waals surface area contributed by atoms with Crippen molar-refractivity contribution in [3.05, 3.63) is 176 Å². The van der Waals surface area contributed by atoms with Crippen molar-refractivity contribution in [3.63, 3.8) is 0 Å². The number of benzene rings is 7. The van der Waals surface area contributed by atoms with E-state index < -0.39 is 0 Å². The Bertz CT molecular complexity index is 3120. The van der Waals surface area contributed by atoms with Gasteiger partial charge in [0.1, 0.15) is 0 Å². The first-order valence-corrected chi connectivity index (χ1v) is 17.3. The summed E-state index contributed by atoms with van der Waals surface area (Å²) >= 11 is 0. The van der Waals surface area contributed by atoms with Crippen LogP contribution in [0.5, 0.6) is 0 Å². The molecule has 0 bridgehead atoms. The van der Waals surface area contributed by atoms with Crippen LogP contribution in [0, 0.1) is 0 Å². The second kappa shape index (κ2) is 10.8. The van der Waals surface area contributed by atoms with Crippen LogP contribution in [0.3, 0.4) is 0 Å². The largest absolute Gasteiger partial charge is 0.316 e. The summed E-state index contributed by atoms with van der Waals surface area (Å²) in [6.45, 7) is 0. The highest BCUT2D eigenvalue weighted by atomic mass is 15.2. The zero-order valence-electron chi connectivity index (χ0n) is 27.5. The van der Waals surface area contributed by atoms with Crippen LogP contribution in [0.2, 0.25) is 0 Å². The number of para-hydroxylation sites is 4. The van der Waals surface area contributed by atoms with Gasteiger partial charge in [-0.15, -0.1) is 0 Å². The summed E-state index contributed by atoms with van der Waals surface area (Å²) in [6.07, 6.45) is 2.16. The van der Waals surface area contributed by atoms with E-state index in [1.54, 1.807) is 0 Å². The number of hydrogen-bond acceptors (Lipinski definition) is 2. The second-order valence-corrected chi connectivity index (χ2v) is 13.1. The molecule has 0 unspecified atom stereocenters. The van der Waals surface area contributed by atoms with Crippen molar-refractivity contribution in [2.45, 2.75) is 0 Å². The Balaban J connectivity index is 1.36. The van der Waals surface area contributed by atoms with E-state index in [4.69, 9.17) is 9.97 Å².